The number of rotatable bonds is 78. The SMILES string of the molecule is CCCCCCCCCCCCCCCCCCC(=O)OCC1OC(OC2C(OC(=O)CCCCCCCCCCCCCCCCCC)C(O)C(O)C(OC3OC(CO)C(O)C(O)C3O)C2OP(=O)(O)OCC(COC(=O)CCCCCCCCCCCCCCC)OC(=O)CCCCCCCCCCCCCCC)C(O)C(O)C1O. The predicted octanol–water partition coefficient (Wildman–Crippen LogP) is 17.8. The maximum absolute atomic E-state index is 14.9. The van der Waals surface area contributed by atoms with Gasteiger partial charge in [0.15, 0.2) is 24.8 Å². The van der Waals surface area contributed by atoms with Crippen molar-refractivity contribution in [3.05, 3.63) is 0 Å². The molecular weight excluding hydrogens is 1520 g/mol. The molecule has 26 heteroatoms. The normalized spacial score (nSPS) is 25.0. The number of unbranched alkanes of at least 4 members (excludes halogenated alkanes) is 54. The molecule has 3 aliphatic rings. The van der Waals surface area contributed by atoms with Gasteiger partial charge in [-0.25, -0.2) is 4.57 Å². The Labute approximate surface area is 706 Å². The second-order valence-electron chi connectivity index (χ2n) is 34.3. The van der Waals surface area contributed by atoms with Gasteiger partial charge in [-0.05, 0) is 25.7 Å². The Hall–Kier alpha value is -2.53. The second-order valence-corrected chi connectivity index (χ2v) is 35.7. The Bertz CT molecular complexity index is 2430. The predicted molar refractivity (Wildman–Crippen MR) is 453 cm³/mol. The minimum atomic E-state index is -5.80. The summed E-state index contributed by atoms with van der Waals surface area (Å²) < 4.78 is 73.5. The van der Waals surface area contributed by atoms with E-state index in [-0.39, 0.29) is 25.7 Å². The highest BCUT2D eigenvalue weighted by atomic mass is 31.2. The zero-order valence-corrected chi connectivity index (χ0v) is 74.4. The highest BCUT2D eigenvalue weighted by molar-refractivity contribution is 7.47. The van der Waals surface area contributed by atoms with Crippen molar-refractivity contribution < 1.29 is 122 Å². The first-order chi connectivity index (χ1) is 56.7. The summed E-state index contributed by atoms with van der Waals surface area (Å²) in [6.45, 7) is 5.64. The summed E-state index contributed by atoms with van der Waals surface area (Å²) in [4.78, 5) is 66.4. The van der Waals surface area contributed by atoms with Crippen LogP contribution in [0, 0.1) is 0 Å². The molecule has 2 heterocycles. The van der Waals surface area contributed by atoms with Gasteiger partial charge in [-0.15, -0.1) is 0 Å². The van der Waals surface area contributed by atoms with Crippen molar-refractivity contribution in [3.63, 3.8) is 0 Å². The van der Waals surface area contributed by atoms with Crippen LogP contribution in [0.4, 0.5) is 0 Å². The lowest BCUT2D eigenvalue weighted by Gasteiger charge is -2.50. The molecule has 0 amide bonds. The molecular formula is C91H171O25P. The molecule has 0 spiro atoms. The summed E-state index contributed by atoms with van der Waals surface area (Å²) >= 11 is 0. The molecule has 3 fully saturated rings. The molecule has 0 aromatic rings. The zero-order valence-electron chi connectivity index (χ0n) is 73.5. The largest absolute Gasteiger partial charge is 0.472 e. The van der Waals surface area contributed by atoms with E-state index in [9.17, 15) is 74.6 Å². The Balaban J connectivity index is 1.90. The Morgan fingerprint density at radius 2 is 0.590 bits per heavy atom. The van der Waals surface area contributed by atoms with Crippen molar-refractivity contribution >= 4 is 31.7 Å². The monoisotopic (exact) mass is 1700 g/mol. The standard InChI is InChI=1S/C91H171O25P/c1-5-9-13-17-21-25-29-33-35-37-41-44-48-52-56-60-64-75(94)108-70-73-79(98)81(100)85(104)91(112-73)115-88-86(113-77(96)66-62-58-54-50-46-42-38-36-34-30-26-22-18-14-10-6-2)82(101)83(102)87(114-90-84(103)80(99)78(97)72(67-92)111-90)89(88)116-117(105,106)109-69-71(110-76(95)65-61-57-53-49-45-40-32-28-24-20-16-12-8-4)68-107-74(93)63-59-55-51-47-43-39-31-27-23-19-15-11-7-3/h71-73,78-92,97-104H,5-70H2,1-4H3,(H,105,106). The van der Waals surface area contributed by atoms with E-state index in [0.717, 1.165) is 128 Å². The lowest BCUT2D eigenvalue weighted by atomic mass is 9.84. The van der Waals surface area contributed by atoms with E-state index in [2.05, 4.69) is 27.7 Å². The lowest BCUT2D eigenvalue weighted by molar-refractivity contribution is -0.360. The van der Waals surface area contributed by atoms with Gasteiger partial charge in [0.2, 0.25) is 0 Å². The number of hydrogen-bond acceptors (Lipinski definition) is 24. The Morgan fingerprint density at radius 1 is 0.308 bits per heavy atom. The van der Waals surface area contributed by atoms with Crippen molar-refractivity contribution in [1.29, 1.82) is 0 Å². The third-order valence-electron chi connectivity index (χ3n) is 23.6. The van der Waals surface area contributed by atoms with Gasteiger partial charge in [-0.2, -0.15) is 0 Å². The van der Waals surface area contributed by atoms with Crippen LogP contribution in [0.2, 0.25) is 0 Å². The summed E-state index contributed by atoms with van der Waals surface area (Å²) in [6, 6.07) is 0. The molecule has 18 unspecified atom stereocenters. The number of carbonyl (C=O) groups is 4. The second kappa shape index (κ2) is 70.7. The third-order valence-corrected chi connectivity index (χ3v) is 24.6. The van der Waals surface area contributed by atoms with Crippen LogP contribution >= 0.6 is 7.82 Å². The average Bonchev–Trinajstić information content (AvgIpc) is 0.754. The van der Waals surface area contributed by atoms with Crippen LogP contribution < -0.4 is 0 Å². The number of esters is 4. The first-order valence-electron chi connectivity index (χ1n) is 47.8. The number of aliphatic hydroxyl groups excluding tert-OH is 9. The average molecular weight is 1700 g/mol. The fourth-order valence-corrected chi connectivity index (χ4v) is 17.0. The maximum Gasteiger partial charge on any atom is 0.472 e. The molecule has 690 valence electrons. The molecule has 1 saturated carbocycles. The Kier molecular flexibility index (Phi) is 65.7. The maximum atomic E-state index is 14.9. The topological polar surface area (TPSA) is 380 Å². The minimum Gasteiger partial charge on any atom is -0.463 e. The van der Waals surface area contributed by atoms with Gasteiger partial charge >= 0.3 is 31.7 Å². The summed E-state index contributed by atoms with van der Waals surface area (Å²) in [5, 5.41) is 102. The van der Waals surface area contributed by atoms with Crippen LogP contribution in [-0.4, -0.2) is 205 Å². The molecule has 10 N–H and O–H groups in total. The van der Waals surface area contributed by atoms with Crippen molar-refractivity contribution in [1.82, 2.24) is 0 Å². The van der Waals surface area contributed by atoms with E-state index in [4.69, 9.17) is 46.9 Å². The minimum absolute atomic E-state index is 0.0205. The number of carbonyl (C=O) groups excluding carboxylic acids is 4. The number of phosphoric ester groups is 1. The third kappa shape index (κ3) is 50.9. The molecule has 25 nitrogen and oxygen atoms in total. The first kappa shape index (κ1) is 109. The van der Waals surface area contributed by atoms with E-state index in [1.165, 1.54) is 212 Å². The molecule has 0 bridgehead atoms. The zero-order chi connectivity index (χ0) is 85.4. The Morgan fingerprint density at radius 3 is 0.932 bits per heavy atom. The molecule has 117 heavy (non-hydrogen) atoms. The van der Waals surface area contributed by atoms with E-state index >= 15 is 0 Å². The van der Waals surface area contributed by atoms with Gasteiger partial charge in [0, 0.05) is 25.7 Å². The number of hydrogen-bond donors (Lipinski definition) is 10. The quantitative estimate of drug-likeness (QED) is 0.0117. The summed E-state index contributed by atoms with van der Waals surface area (Å²) in [7, 11) is -5.80. The molecule has 2 saturated heterocycles. The lowest BCUT2D eigenvalue weighted by Crippen LogP contribution is -2.70. The van der Waals surface area contributed by atoms with Gasteiger partial charge in [0.25, 0.3) is 0 Å². The van der Waals surface area contributed by atoms with Gasteiger partial charge in [-0.3, -0.25) is 28.2 Å². The van der Waals surface area contributed by atoms with Crippen LogP contribution in [0.5, 0.6) is 0 Å². The first-order valence-corrected chi connectivity index (χ1v) is 49.3. The van der Waals surface area contributed by atoms with E-state index in [1.807, 2.05) is 0 Å². The summed E-state index contributed by atoms with van der Waals surface area (Å²) in [5.74, 6) is -2.94. The highest BCUT2D eigenvalue weighted by Gasteiger charge is 2.60. The van der Waals surface area contributed by atoms with Crippen LogP contribution in [0.3, 0.4) is 0 Å². The highest BCUT2D eigenvalue weighted by Crippen LogP contribution is 2.49. The van der Waals surface area contributed by atoms with E-state index in [0.29, 0.717) is 32.1 Å². The summed E-state index contributed by atoms with van der Waals surface area (Å²) in [5.41, 5.74) is 0. The molecule has 1 aliphatic carbocycles. The number of phosphoric acid groups is 1. The van der Waals surface area contributed by atoms with Gasteiger partial charge in [0.1, 0.15) is 92.6 Å². The van der Waals surface area contributed by atoms with Crippen LogP contribution in [0.25, 0.3) is 0 Å². The van der Waals surface area contributed by atoms with Crippen molar-refractivity contribution in [2.24, 2.45) is 0 Å². The summed E-state index contributed by atoms with van der Waals surface area (Å²) in [6.07, 6.45) is 28.0. The number of aliphatic hydroxyl groups is 9. The van der Waals surface area contributed by atoms with E-state index < -0.39 is 162 Å². The molecule has 0 aromatic heterocycles. The molecule has 0 radical (unpaired) electrons. The number of ether oxygens (including phenoxy) is 8. The fraction of sp³-hybridized carbons (Fsp3) is 0.956. The molecule has 3 rings (SSSR count). The van der Waals surface area contributed by atoms with E-state index in [1.54, 1.807) is 0 Å². The molecule has 2 aliphatic heterocycles. The van der Waals surface area contributed by atoms with Crippen molar-refractivity contribution in [3.8, 4) is 0 Å². The van der Waals surface area contributed by atoms with Crippen molar-refractivity contribution in [2.75, 3.05) is 26.4 Å². The van der Waals surface area contributed by atoms with Gasteiger partial charge < -0.3 is 88.7 Å². The van der Waals surface area contributed by atoms with Gasteiger partial charge in [-0.1, -0.05) is 374 Å². The molecule has 0 aromatic carbocycles. The van der Waals surface area contributed by atoms with Crippen LogP contribution in [0.15, 0.2) is 0 Å². The smallest absolute Gasteiger partial charge is 0.463 e. The van der Waals surface area contributed by atoms with Crippen molar-refractivity contribution in [2.45, 2.75) is 530 Å². The van der Waals surface area contributed by atoms with Gasteiger partial charge in [0.05, 0.1) is 13.2 Å². The van der Waals surface area contributed by atoms with Crippen LogP contribution in [-0.2, 0) is 70.7 Å². The fourth-order valence-electron chi connectivity index (χ4n) is 16.0. The van der Waals surface area contributed by atoms with Crippen LogP contribution in [0.1, 0.15) is 426 Å². The molecule has 18 atom stereocenters.